The molecular formula is C11H10F5NO2. The molecule has 0 aliphatic heterocycles. The largest absolute Gasteiger partial charge is 0.481 e. The van der Waals surface area contributed by atoms with Gasteiger partial charge in [-0.3, -0.25) is 4.79 Å². The quantitative estimate of drug-likeness (QED) is 0.365. The molecule has 0 saturated heterocycles. The average Bonchev–Trinajstić information content (AvgIpc) is 2.37. The predicted molar refractivity (Wildman–Crippen MR) is 56.2 cm³/mol. The summed E-state index contributed by atoms with van der Waals surface area (Å²) in [5, 5.41) is 10.4. The van der Waals surface area contributed by atoms with Gasteiger partial charge in [-0.15, -0.1) is 0 Å². The number of aliphatic carboxylic acids is 1. The number of hydrogen-bond donors (Lipinski definition) is 2. The van der Waals surface area contributed by atoms with Crippen LogP contribution in [0.15, 0.2) is 0 Å². The molecule has 3 nitrogen and oxygen atoms in total. The van der Waals surface area contributed by atoms with Crippen LogP contribution in [-0.2, 0) is 4.79 Å². The molecule has 0 saturated carbocycles. The van der Waals surface area contributed by atoms with Gasteiger partial charge >= 0.3 is 5.97 Å². The summed E-state index contributed by atoms with van der Waals surface area (Å²) in [6, 6.07) is 0. The zero-order valence-electron chi connectivity index (χ0n) is 9.57. The van der Waals surface area contributed by atoms with Crippen molar-refractivity contribution in [3.63, 3.8) is 0 Å². The maximum Gasteiger partial charge on any atom is 0.303 e. The second kappa shape index (κ2) is 6.35. The van der Waals surface area contributed by atoms with Crippen LogP contribution in [0.25, 0.3) is 0 Å². The van der Waals surface area contributed by atoms with E-state index in [1.54, 1.807) is 0 Å². The molecule has 8 heteroatoms. The number of carboxylic acid groups (broad SMARTS) is 1. The highest BCUT2D eigenvalue weighted by atomic mass is 19.2. The first-order chi connectivity index (χ1) is 8.86. The lowest BCUT2D eigenvalue weighted by Crippen LogP contribution is -2.11. The summed E-state index contributed by atoms with van der Waals surface area (Å²) in [4.78, 5) is 10.2. The average molecular weight is 283 g/mol. The van der Waals surface area contributed by atoms with E-state index in [9.17, 15) is 26.7 Å². The molecule has 1 rings (SSSR count). The number of hydrogen-bond acceptors (Lipinski definition) is 2. The van der Waals surface area contributed by atoms with Gasteiger partial charge in [0.05, 0.1) is 0 Å². The van der Waals surface area contributed by atoms with Crippen molar-refractivity contribution in [3.8, 4) is 0 Å². The number of benzene rings is 1. The molecule has 1 aromatic rings. The third kappa shape index (κ3) is 3.55. The maximum absolute atomic E-state index is 13.2. The van der Waals surface area contributed by atoms with Gasteiger partial charge in [0.15, 0.2) is 23.3 Å². The first kappa shape index (κ1) is 15.2. The van der Waals surface area contributed by atoms with Gasteiger partial charge in [0.25, 0.3) is 0 Å². The number of carboxylic acids is 1. The molecule has 0 heterocycles. The fourth-order valence-corrected chi connectivity index (χ4v) is 1.37. The van der Waals surface area contributed by atoms with Crippen molar-refractivity contribution in [3.05, 3.63) is 29.1 Å². The number of unbranched alkanes of at least 4 members (excludes halogenated alkanes) is 1. The van der Waals surface area contributed by atoms with Gasteiger partial charge < -0.3 is 10.4 Å². The van der Waals surface area contributed by atoms with Crippen LogP contribution < -0.4 is 5.32 Å². The summed E-state index contributed by atoms with van der Waals surface area (Å²) < 4.78 is 64.6. The Bertz CT molecular complexity index is 463. The van der Waals surface area contributed by atoms with Crippen molar-refractivity contribution in [2.45, 2.75) is 19.3 Å². The molecule has 0 aliphatic carbocycles. The molecule has 19 heavy (non-hydrogen) atoms. The van der Waals surface area contributed by atoms with E-state index in [0.29, 0.717) is 0 Å². The Hall–Kier alpha value is -1.86. The molecule has 0 aliphatic rings. The lowest BCUT2D eigenvalue weighted by Gasteiger charge is -2.10. The van der Waals surface area contributed by atoms with Crippen LogP contribution in [-0.4, -0.2) is 17.6 Å². The van der Waals surface area contributed by atoms with Crippen molar-refractivity contribution >= 4 is 11.7 Å². The molecule has 0 bridgehead atoms. The van der Waals surface area contributed by atoms with Crippen LogP contribution in [0.3, 0.4) is 0 Å². The topological polar surface area (TPSA) is 49.3 Å². The van der Waals surface area contributed by atoms with Crippen LogP contribution in [0, 0.1) is 29.1 Å². The molecular weight excluding hydrogens is 273 g/mol. The Labute approximate surface area is 105 Å². The minimum atomic E-state index is -2.22. The van der Waals surface area contributed by atoms with E-state index >= 15 is 0 Å². The number of carbonyl (C=O) groups is 1. The van der Waals surface area contributed by atoms with Gasteiger partial charge in [-0.25, -0.2) is 22.0 Å². The lowest BCUT2D eigenvalue weighted by atomic mass is 10.2. The van der Waals surface area contributed by atoms with Crippen LogP contribution in [0.1, 0.15) is 19.3 Å². The lowest BCUT2D eigenvalue weighted by molar-refractivity contribution is -0.137. The van der Waals surface area contributed by atoms with Gasteiger partial charge in [0, 0.05) is 13.0 Å². The van der Waals surface area contributed by atoms with Crippen LogP contribution in [0.4, 0.5) is 27.6 Å². The normalized spacial score (nSPS) is 10.6. The van der Waals surface area contributed by atoms with Gasteiger partial charge in [0.1, 0.15) is 5.69 Å². The molecule has 1 aromatic carbocycles. The van der Waals surface area contributed by atoms with Crippen molar-refractivity contribution in [1.82, 2.24) is 0 Å². The van der Waals surface area contributed by atoms with E-state index in [4.69, 9.17) is 5.11 Å². The van der Waals surface area contributed by atoms with E-state index in [0.717, 1.165) is 0 Å². The molecule has 0 spiro atoms. The summed E-state index contributed by atoms with van der Waals surface area (Å²) in [5.41, 5.74) is -1.10. The molecule has 106 valence electrons. The second-order valence-electron chi connectivity index (χ2n) is 3.72. The first-order valence-electron chi connectivity index (χ1n) is 5.33. The summed E-state index contributed by atoms with van der Waals surface area (Å²) in [5.74, 6) is -11.2. The Morgan fingerprint density at radius 1 is 0.895 bits per heavy atom. The highest BCUT2D eigenvalue weighted by Crippen LogP contribution is 2.26. The van der Waals surface area contributed by atoms with E-state index in [1.807, 2.05) is 0 Å². The number of anilines is 1. The Morgan fingerprint density at radius 3 is 1.84 bits per heavy atom. The highest BCUT2D eigenvalue weighted by molar-refractivity contribution is 5.66. The number of rotatable bonds is 6. The van der Waals surface area contributed by atoms with Crippen molar-refractivity contribution < 1.29 is 31.9 Å². The smallest absolute Gasteiger partial charge is 0.303 e. The van der Waals surface area contributed by atoms with Crippen LogP contribution in [0.2, 0.25) is 0 Å². The molecule has 0 amide bonds. The van der Waals surface area contributed by atoms with Gasteiger partial charge in [-0.2, -0.15) is 0 Å². The predicted octanol–water partition coefficient (Wildman–Crippen LogP) is 3.05. The third-order valence-electron chi connectivity index (χ3n) is 2.33. The second-order valence-corrected chi connectivity index (χ2v) is 3.72. The van der Waals surface area contributed by atoms with Gasteiger partial charge in [-0.05, 0) is 12.8 Å². The molecule has 0 fully saturated rings. The summed E-state index contributed by atoms with van der Waals surface area (Å²) in [6.07, 6.45) is 0.294. The van der Waals surface area contributed by atoms with Crippen molar-refractivity contribution in [2.24, 2.45) is 0 Å². The van der Waals surface area contributed by atoms with Crippen molar-refractivity contribution in [2.75, 3.05) is 11.9 Å². The molecule has 0 unspecified atom stereocenters. The summed E-state index contributed by atoms with van der Waals surface area (Å²) in [6.45, 7) is -0.106. The SMILES string of the molecule is O=C(O)CCCCNc1c(F)c(F)c(F)c(F)c1F. The van der Waals surface area contributed by atoms with Crippen LogP contribution >= 0.6 is 0 Å². The molecule has 0 atom stereocenters. The molecule has 0 radical (unpaired) electrons. The number of halogens is 5. The Morgan fingerprint density at radius 2 is 1.37 bits per heavy atom. The molecule has 0 aromatic heterocycles. The monoisotopic (exact) mass is 283 g/mol. The van der Waals surface area contributed by atoms with E-state index in [1.165, 1.54) is 0 Å². The summed E-state index contributed by atoms with van der Waals surface area (Å²) >= 11 is 0. The fraction of sp³-hybridized carbons (Fsp3) is 0.364. The Balaban J connectivity index is 2.71. The summed E-state index contributed by atoms with van der Waals surface area (Å²) in [7, 11) is 0. The zero-order chi connectivity index (χ0) is 14.6. The fourth-order valence-electron chi connectivity index (χ4n) is 1.37. The maximum atomic E-state index is 13.2. The van der Waals surface area contributed by atoms with E-state index in [2.05, 4.69) is 5.32 Å². The Kier molecular flexibility index (Phi) is 5.08. The molecule has 2 N–H and O–H groups in total. The van der Waals surface area contributed by atoms with Gasteiger partial charge in [-0.1, -0.05) is 0 Å². The van der Waals surface area contributed by atoms with Crippen molar-refractivity contribution in [1.29, 1.82) is 0 Å². The standard InChI is InChI=1S/C11H10F5NO2/c12-6-7(13)9(15)11(10(16)8(6)14)17-4-2-1-3-5(18)19/h17H,1-4H2,(H,18,19). The zero-order valence-corrected chi connectivity index (χ0v) is 9.57. The third-order valence-corrected chi connectivity index (χ3v) is 2.33. The highest BCUT2D eigenvalue weighted by Gasteiger charge is 2.25. The minimum absolute atomic E-state index is 0.106. The minimum Gasteiger partial charge on any atom is -0.481 e. The van der Waals surface area contributed by atoms with Crippen LogP contribution in [0.5, 0.6) is 0 Å². The number of nitrogens with one attached hydrogen (secondary N) is 1. The van der Waals surface area contributed by atoms with E-state index < -0.39 is 40.7 Å². The first-order valence-corrected chi connectivity index (χ1v) is 5.33. The van der Waals surface area contributed by atoms with Gasteiger partial charge in [0.2, 0.25) is 5.82 Å². The van der Waals surface area contributed by atoms with E-state index in [-0.39, 0.29) is 25.8 Å².